The number of benzene rings is 1. The largest absolute Gasteiger partial charge is 0.379 e. The maximum absolute atomic E-state index is 13.6. The Morgan fingerprint density at radius 1 is 1.42 bits per heavy atom. The molecule has 6 heteroatoms. The molecule has 0 saturated carbocycles. The topological polar surface area (TPSA) is 48.9 Å². The molecule has 134 valence electrons. The van der Waals surface area contributed by atoms with Crippen LogP contribution in [0.4, 0.5) is 4.39 Å². The number of halogens is 1. The smallest absolute Gasteiger partial charge is 0.191 e. The van der Waals surface area contributed by atoms with Crippen molar-refractivity contribution in [2.75, 3.05) is 39.9 Å². The molecule has 2 unspecified atom stereocenters. The quantitative estimate of drug-likeness (QED) is 0.613. The molecular formula is C18H29FN4O. The van der Waals surface area contributed by atoms with Gasteiger partial charge in [-0.3, -0.25) is 9.89 Å². The highest BCUT2D eigenvalue weighted by molar-refractivity contribution is 5.79. The van der Waals surface area contributed by atoms with E-state index in [1.54, 1.807) is 13.1 Å². The lowest BCUT2D eigenvalue weighted by Crippen LogP contribution is -2.53. The molecular weight excluding hydrogens is 307 g/mol. The summed E-state index contributed by atoms with van der Waals surface area (Å²) in [7, 11) is 1.75. The number of guanidine groups is 1. The number of ether oxygens (including phenoxy) is 1. The van der Waals surface area contributed by atoms with Crippen LogP contribution >= 0.6 is 0 Å². The van der Waals surface area contributed by atoms with Crippen molar-refractivity contribution < 1.29 is 9.13 Å². The molecule has 0 amide bonds. The van der Waals surface area contributed by atoms with E-state index in [2.05, 4.69) is 34.4 Å². The molecule has 1 aliphatic rings. The molecule has 1 heterocycles. The zero-order valence-electron chi connectivity index (χ0n) is 14.9. The van der Waals surface area contributed by atoms with Gasteiger partial charge < -0.3 is 15.4 Å². The molecule has 1 aliphatic heterocycles. The fourth-order valence-corrected chi connectivity index (χ4v) is 2.99. The number of rotatable bonds is 6. The molecule has 1 saturated heterocycles. The van der Waals surface area contributed by atoms with Gasteiger partial charge >= 0.3 is 0 Å². The summed E-state index contributed by atoms with van der Waals surface area (Å²) >= 11 is 0. The third-order valence-electron chi connectivity index (χ3n) is 4.42. The summed E-state index contributed by atoms with van der Waals surface area (Å²) in [5.41, 5.74) is 0.718. The molecule has 2 atom stereocenters. The van der Waals surface area contributed by atoms with Crippen molar-refractivity contribution >= 4 is 5.96 Å². The van der Waals surface area contributed by atoms with Crippen LogP contribution in [0.5, 0.6) is 0 Å². The first kappa shape index (κ1) is 18.7. The first-order valence-electron chi connectivity index (χ1n) is 8.63. The number of hydrogen-bond acceptors (Lipinski definition) is 3. The van der Waals surface area contributed by atoms with Gasteiger partial charge in [-0.2, -0.15) is 0 Å². The summed E-state index contributed by atoms with van der Waals surface area (Å²) in [6.45, 7) is 8.40. The van der Waals surface area contributed by atoms with Gasteiger partial charge in [-0.1, -0.05) is 18.2 Å². The van der Waals surface area contributed by atoms with Crippen LogP contribution in [0.2, 0.25) is 0 Å². The van der Waals surface area contributed by atoms with Crippen LogP contribution in [-0.4, -0.2) is 62.8 Å². The van der Waals surface area contributed by atoms with E-state index in [1.165, 1.54) is 6.07 Å². The van der Waals surface area contributed by atoms with Crippen LogP contribution in [-0.2, 0) is 11.2 Å². The second kappa shape index (κ2) is 9.59. The zero-order chi connectivity index (χ0) is 17.4. The Hall–Kier alpha value is -1.66. The van der Waals surface area contributed by atoms with Crippen molar-refractivity contribution in [2.45, 2.75) is 32.4 Å². The Labute approximate surface area is 144 Å². The van der Waals surface area contributed by atoms with Gasteiger partial charge in [0.05, 0.1) is 13.2 Å². The molecule has 0 spiro atoms. The second-order valence-corrected chi connectivity index (χ2v) is 6.23. The van der Waals surface area contributed by atoms with Crippen molar-refractivity contribution in [2.24, 2.45) is 4.99 Å². The Kier molecular flexibility index (Phi) is 7.46. The molecule has 1 fully saturated rings. The van der Waals surface area contributed by atoms with E-state index < -0.39 is 0 Å². The van der Waals surface area contributed by atoms with Gasteiger partial charge in [-0.05, 0) is 31.9 Å². The standard InChI is InChI=1S/C18H29FN4O/c1-14(23-10-11-24-13-15(23)2)12-22-18(20-3)21-9-8-16-6-4-5-7-17(16)19/h4-7,14-15H,8-13H2,1-3H3,(H2,20,21,22). The lowest BCUT2D eigenvalue weighted by atomic mass is 10.1. The summed E-state index contributed by atoms with van der Waals surface area (Å²) in [6, 6.07) is 7.71. The predicted octanol–water partition coefficient (Wildman–Crippen LogP) is 1.64. The average Bonchev–Trinajstić information content (AvgIpc) is 2.59. The Bertz CT molecular complexity index is 538. The van der Waals surface area contributed by atoms with E-state index in [9.17, 15) is 4.39 Å². The van der Waals surface area contributed by atoms with E-state index in [-0.39, 0.29) is 5.82 Å². The number of nitrogens with one attached hydrogen (secondary N) is 2. The van der Waals surface area contributed by atoms with E-state index in [0.29, 0.717) is 25.0 Å². The van der Waals surface area contributed by atoms with Crippen molar-refractivity contribution in [3.05, 3.63) is 35.6 Å². The van der Waals surface area contributed by atoms with Gasteiger partial charge in [-0.15, -0.1) is 0 Å². The van der Waals surface area contributed by atoms with Crippen molar-refractivity contribution in [3.63, 3.8) is 0 Å². The van der Waals surface area contributed by atoms with Crippen LogP contribution < -0.4 is 10.6 Å². The minimum atomic E-state index is -0.155. The third-order valence-corrected chi connectivity index (χ3v) is 4.42. The highest BCUT2D eigenvalue weighted by Gasteiger charge is 2.23. The van der Waals surface area contributed by atoms with Crippen LogP contribution in [0.15, 0.2) is 29.3 Å². The summed E-state index contributed by atoms with van der Waals surface area (Å²) < 4.78 is 19.1. The van der Waals surface area contributed by atoms with Gasteiger partial charge in [0.25, 0.3) is 0 Å². The minimum Gasteiger partial charge on any atom is -0.379 e. The van der Waals surface area contributed by atoms with Crippen LogP contribution in [0.1, 0.15) is 19.4 Å². The predicted molar refractivity (Wildman–Crippen MR) is 95.9 cm³/mol. The van der Waals surface area contributed by atoms with Gasteiger partial charge in [0.15, 0.2) is 5.96 Å². The Morgan fingerprint density at radius 3 is 2.92 bits per heavy atom. The SMILES string of the molecule is CN=C(NCCc1ccccc1F)NCC(C)N1CCOCC1C. The molecule has 2 N–H and O–H groups in total. The summed E-state index contributed by atoms with van der Waals surface area (Å²) in [5, 5.41) is 6.59. The molecule has 1 aromatic rings. The number of hydrogen-bond donors (Lipinski definition) is 2. The van der Waals surface area contributed by atoms with Gasteiger partial charge in [0, 0.05) is 38.8 Å². The van der Waals surface area contributed by atoms with Crippen LogP contribution in [0, 0.1) is 5.82 Å². The van der Waals surface area contributed by atoms with Crippen molar-refractivity contribution in [1.29, 1.82) is 0 Å². The minimum absolute atomic E-state index is 0.155. The normalized spacial score (nSPS) is 20.7. The monoisotopic (exact) mass is 336 g/mol. The number of aliphatic imine (C=N–C) groups is 1. The summed E-state index contributed by atoms with van der Waals surface area (Å²) in [4.78, 5) is 6.68. The van der Waals surface area contributed by atoms with Gasteiger partial charge in [-0.25, -0.2) is 4.39 Å². The lowest BCUT2D eigenvalue weighted by Gasteiger charge is -2.38. The van der Waals surface area contributed by atoms with Crippen LogP contribution in [0.3, 0.4) is 0 Å². The molecule has 5 nitrogen and oxygen atoms in total. The zero-order valence-corrected chi connectivity index (χ0v) is 14.9. The van der Waals surface area contributed by atoms with Crippen molar-refractivity contribution in [3.8, 4) is 0 Å². The van der Waals surface area contributed by atoms with E-state index in [0.717, 1.165) is 37.8 Å². The molecule has 2 rings (SSSR count). The maximum atomic E-state index is 13.6. The van der Waals surface area contributed by atoms with Gasteiger partial charge in [0.2, 0.25) is 0 Å². The molecule has 1 aromatic carbocycles. The second-order valence-electron chi connectivity index (χ2n) is 6.23. The molecule has 0 aromatic heterocycles. The molecule has 0 bridgehead atoms. The highest BCUT2D eigenvalue weighted by atomic mass is 19.1. The Balaban J connectivity index is 1.73. The fourth-order valence-electron chi connectivity index (χ4n) is 2.99. The first-order chi connectivity index (χ1) is 11.6. The van der Waals surface area contributed by atoms with E-state index in [4.69, 9.17) is 4.74 Å². The van der Waals surface area contributed by atoms with Crippen molar-refractivity contribution in [1.82, 2.24) is 15.5 Å². The van der Waals surface area contributed by atoms with Crippen LogP contribution in [0.25, 0.3) is 0 Å². The fraction of sp³-hybridized carbons (Fsp3) is 0.611. The molecule has 0 radical (unpaired) electrons. The van der Waals surface area contributed by atoms with Gasteiger partial charge in [0.1, 0.15) is 5.82 Å². The summed E-state index contributed by atoms with van der Waals surface area (Å²) in [6.07, 6.45) is 0.628. The van der Waals surface area contributed by atoms with E-state index in [1.807, 2.05) is 12.1 Å². The number of nitrogens with zero attached hydrogens (tertiary/aromatic N) is 2. The third kappa shape index (κ3) is 5.46. The maximum Gasteiger partial charge on any atom is 0.191 e. The Morgan fingerprint density at radius 2 is 2.21 bits per heavy atom. The van der Waals surface area contributed by atoms with E-state index >= 15 is 0 Å². The average molecular weight is 336 g/mol. The lowest BCUT2D eigenvalue weighted by molar-refractivity contribution is -0.0174. The first-order valence-corrected chi connectivity index (χ1v) is 8.63. The molecule has 24 heavy (non-hydrogen) atoms. The summed E-state index contributed by atoms with van der Waals surface area (Å²) in [5.74, 6) is 0.594. The highest BCUT2D eigenvalue weighted by Crippen LogP contribution is 2.10. The molecule has 0 aliphatic carbocycles. The number of morpholine rings is 1.